The molecule has 0 saturated heterocycles. The van der Waals surface area contributed by atoms with Gasteiger partial charge in [0.1, 0.15) is 5.75 Å². The largest absolute Gasteiger partial charge is 0.507 e. The average molecular weight is 335 g/mol. The Morgan fingerprint density at radius 2 is 1.62 bits per heavy atom. The minimum Gasteiger partial charge on any atom is -0.507 e. The van der Waals surface area contributed by atoms with E-state index in [0.717, 1.165) is 12.1 Å². The highest BCUT2D eigenvalue weighted by Crippen LogP contribution is 2.32. The Balaban J connectivity index is 2.36. The molecule has 0 radical (unpaired) electrons. The van der Waals surface area contributed by atoms with Crippen LogP contribution >= 0.6 is 0 Å². The van der Waals surface area contributed by atoms with Crippen LogP contribution in [0.25, 0.3) is 11.1 Å². The van der Waals surface area contributed by atoms with Crippen molar-refractivity contribution in [1.82, 2.24) is 4.90 Å². The fourth-order valence-electron chi connectivity index (χ4n) is 2.07. The Hall–Kier alpha value is -2.76. The van der Waals surface area contributed by atoms with Crippen LogP contribution in [0.4, 0.5) is 13.2 Å². The van der Waals surface area contributed by atoms with Crippen LogP contribution in [0.2, 0.25) is 0 Å². The van der Waals surface area contributed by atoms with E-state index in [2.05, 4.69) is 0 Å². The third-order valence-electron chi connectivity index (χ3n) is 3.33. The molecule has 0 atom stereocenters. The summed E-state index contributed by atoms with van der Waals surface area (Å²) >= 11 is 0. The number of hydrogen-bond donors (Lipinski definition) is 1. The lowest BCUT2D eigenvalue weighted by Gasteiger charge is -2.09. The predicted octanol–water partition coefficient (Wildman–Crippen LogP) is 4.34. The Morgan fingerprint density at radius 1 is 1.04 bits per heavy atom. The SMILES string of the molecule is CN(C)C=CC(=O)c1cc(-c2ccc(C(F)(F)F)cc2)ccc1O. The summed E-state index contributed by atoms with van der Waals surface area (Å²) in [5.41, 5.74) is 0.414. The maximum atomic E-state index is 12.6. The zero-order valence-electron chi connectivity index (χ0n) is 13.1. The number of phenolic OH excluding ortho intramolecular Hbond substituents is 1. The first-order valence-electron chi connectivity index (χ1n) is 7.08. The second-order valence-corrected chi connectivity index (χ2v) is 5.45. The van der Waals surface area contributed by atoms with E-state index in [1.54, 1.807) is 31.3 Å². The molecule has 1 N–H and O–H groups in total. The fraction of sp³-hybridized carbons (Fsp3) is 0.167. The minimum absolute atomic E-state index is 0.0884. The van der Waals surface area contributed by atoms with Gasteiger partial charge in [-0.2, -0.15) is 13.2 Å². The molecule has 0 spiro atoms. The molecule has 2 aromatic carbocycles. The number of carbonyl (C=O) groups excluding carboxylic acids is 1. The first-order valence-corrected chi connectivity index (χ1v) is 7.08. The lowest BCUT2D eigenvalue weighted by atomic mass is 9.99. The molecule has 0 fully saturated rings. The smallest absolute Gasteiger partial charge is 0.416 e. The second kappa shape index (κ2) is 6.78. The summed E-state index contributed by atoms with van der Waals surface area (Å²) in [6.07, 6.45) is -1.54. The monoisotopic (exact) mass is 335 g/mol. The third-order valence-corrected chi connectivity index (χ3v) is 3.33. The Morgan fingerprint density at radius 3 is 2.17 bits per heavy atom. The van der Waals surface area contributed by atoms with Gasteiger partial charge in [0, 0.05) is 26.4 Å². The molecule has 3 nitrogen and oxygen atoms in total. The van der Waals surface area contributed by atoms with E-state index in [1.807, 2.05) is 0 Å². The third kappa shape index (κ3) is 4.16. The normalized spacial score (nSPS) is 11.7. The van der Waals surface area contributed by atoms with E-state index in [0.29, 0.717) is 11.1 Å². The van der Waals surface area contributed by atoms with Crippen molar-refractivity contribution in [2.75, 3.05) is 14.1 Å². The second-order valence-electron chi connectivity index (χ2n) is 5.45. The zero-order valence-corrected chi connectivity index (χ0v) is 13.1. The molecule has 2 aromatic rings. The molecular weight excluding hydrogens is 319 g/mol. The lowest BCUT2D eigenvalue weighted by Crippen LogP contribution is -2.04. The molecule has 0 saturated carbocycles. The van der Waals surface area contributed by atoms with Crippen molar-refractivity contribution in [3.05, 3.63) is 65.9 Å². The van der Waals surface area contributed by atoms with Gasteiger partial charge in [-0.25, -0.2) is 0 Å². The minimum atomic E-state index is -4.40. The van der Waals surface area contributed by atoms with Gasteiger partial charge >= 0.3 is 6.18 Å². The van der Waals surface area contributed by atoms with E-state index >= 15 is 0 Å². The number of rotatable bonds is 4. The number of hydrogen-bond acceptors (Lipinski definition) is 3. The van der Waals surface area contributed by atoms with Crippen molar-refractivity contribution in [3.8, 4) is 16.9 Å². The van der Waals surface area contributed by atoms with Crippen molar-refractivity contribution in [2.45, 2.75) is 6.18 Å². The van der Waals surface area contributed by atoms with Gasteiger partial charge in [-0.05, 0) is 35.4 Å². The van der Waals surface area contributed by atoms with E-state index < -0.39 is 17.5 Å². The summed E-state index contributed by atoms with van der Waals surface area (Å²) in [5, 5.41) is 9.85. The molecule has 0 bridgehead atoms. The molecule has 0 aliphatic heterocycles. The summed E-state index contributed by atoms with van der Waals surface area (Å²) in [6, 6.07) is 8.98. The molecule has 0 aliphatic carbocycles. The standard InChI is InChI=1S/C18H16F3NO2/c1-22(2)10-9-17(24)15-11-13(5-8-16(15)23)12-3-6-14(7-4-12)18(19,20)21/h3-11,23H,1-2H3. The Kier molecular flexibility index (Phi) is 4.97. The van der Waals surface area contributed by atoms with Gasteiger partial charge in [-0.3, -0.25) is 4.79 Å². The van der Waals surface area contributed by atoms with Gasteiger partial charge in [-0.1, -0.05) is 18.2 Å². The average Bonchev–Trinajstić information content (AvgIpc) is 2.52. The van der Waals surface area contributed by atoms with Crippen molar-refractivity contribution < 1.29 is 23.1 Å². The first kappa shape index (κ1) is 17.6. The molecule has 24 heavy (non-hydrogen) atoms. The highest BCUT2D eigenvalue weighted by Gasteiger charge is 2.30. The van der Waals surface area contributed by atoms with Gasteiger partial charge in [0.2, 0.25) is 0 Å². The zero-order chi connectivity index (χ0) is 17.9. The van der Waals surface area contributed by atoms with Gasteiger partial charge in [0.25, 0.3) is 0 Å². The van der Waals surface area contributed by atoms with E-state index in [1.165, 1.54) is 30.3 Å². The van der Waals surface area contributed by atoms with Crippen molar-refractivity contribution in [3.63, 3.8) is 0 Å². The van der Waals surface area contributed by atoms with Crippen LogP contribution in [0.15, 0.2) is 54.7 Å². The quantitative estimate of drug-likeness (QED) is 0.668. The molecule has 0 aromatic heterocycles. The van der Waals surface area contributed by atoms with Crippen molar-refractivity contribution >= 4 is 5.78 Å². The predicted molar refractivity (Wildman–Crippen MR) is 85.7 cm³/mol. The van der Waals surface area contributed by atoms with Gasteiger partial charge in [0.05, 0.1) is 11.1 Å². The lowest BCUT2D eigenvalue weighted by molar-refractivity contribution is -0.137. The molecule has 0 aliphatic rings. The van der Waals surface area contributed by atoms with Crippen LogP contribution in [0.1, 0.15) is 15.9 Å². The summed E-state index contributed by atoms with van der Waals surface area (Å²) in [7, 11) is 3.50. The fourth-order valence-corrected chi connectivity index (χ4v) is 2.07. The Bertz CT molecular complexity index is 763. The summed E-state index contributed by atoms with van der Waals surface area (Å²) < 4.78 is 37.8. The maximum Gasteiger partial charge on any atom is 0.416 e. The molecule has 126 valence electrons. The van der Waals surface area contributed by atoms with E-state index in [4.69, 9.17) is 0 Å². The molecule has 0 amide bonds. The van der Waals surface area contributed by atoms with E-state index in [-0.39, 0.29) is 11.3 Å². The summed E-state index contributed by atoms with van der Waals surface area (Å²) in [5.74, 6) is -0.575. The number of carbonyl (C=O) groups is 1. The van der Waals surface area contributed by atoms with E-state index in [9.17, 15) is 23.1 Å². The topological polar surface area (TPSA) is 40.5 Å². The van der Waals surface area contributed by atoms with Crippen LogP contribution in [-0.4, -0.2) is 29.9 Å². The van der Waals surface area contributed by atoms with Crippen LogP contribution < -0.4 is 0 Å². The van der Waals surface area contributed by atoms with Gasteiger partial charge in [-0.15, -0.1) is 0 Å². The van der Waals surface area contributed by atoms with Crippen LogP contribution in [0.3, 0.4) is 0 Å². The van der Waals surface area contributed by atoms with Crippen LogP contribution in [-0.2, 0) is 6.18 Å². The number of halogens is 3. The number of phenols is 1. The van der Waals surface area contributed by atoms with Crippen LogP contribution in [0.5, 0.6) is 5.75 Å². The number of aromatic hydroxyl groups is 1. The number of alkyl halides is 3. The van der Waals surface area contributed by atoms with Gasteiger partial charge in [0.15, 0.2) is 5.78 Å². The number of benzene rings is 2. The van der Waals surface area contributed by atoms with Crippen molar-refractivity contribution in [1.29, 1.82) is 0 Å². The highest BCUT2D eigenvalue weighted by molar-refractivity contribution is 6.07. The first-order chi connectivity index (χ1) is 11.2. The molecule has 6 heteroatoms. The summed E-state index contributed by atoms with van der Waals surface area (Å²) in [6.45, 7) is 0. The number of ketones is 1. The summed E-state index contributed by atoms with van der Waals surface area (Å²) in [4.78, 5) is 13.8. The molecule has 0 heterocycles. The molecule has 0 unspecified atom stereocenters. The highest BCUT2D eigenvalue weighted by atomic mass is 19.4. The Labute approximate surface area is 137 Å². The van der Waals surface area contributed by atoms with Gasteiger partial charge < -0.3 is 10.0 Å². The van der Waals surface area contributed by atoms with Crippen molar-refractivity contribution in [2.24, 2.45) is 0 Å². The maximum absolute atomic E-state index is 12.6. The number of allylic oxidation sites excluding steroid dienone is 1. The van der Waals surface area contributed by atoms with Crippen LogP contribution in [0, 0.1) is 0 Å². The number of nitrogens with zero attached hydrogens (tertiary/aromatic N) is 1. The molecular formula is C18H16F3NO2. The molecule has 2 rings (SSSR count).